The van der Waals surface area contributed by atoms with Crippen molar-refractivity contribution in [3.8, 4) is 0 Å². The fourth-order valence-corrected chi connectivity index (χ4v) is 2.88. The van der Waals surface area contributed by atoms with E-state index in [0.29, 0.717) is 5.16 Å². The topological polar surface area (TPSA) is 80.9 Å². The molecule has 0 spiro atoms. The van der Waals surface area contributed by atoms with Crippen molar-refractivity contribution in [1.82, 2.24) is 9.97 Å². The van der Waals surface area contributed by atoms with Crippen LogP contribution in [-0.2, 0) is 17.5 Å². The van der Waals surface area contributed by atoms with Crippen molar-refractivity contribution in [2.75, 3.05) is 11.1 Å². The molecule has 142 valence electrons. The molecule has 0 aliphatic carbocycles. The number of alkyl halides is 3. The summed E-state index contributed by atoms with van der Waals surface area (Å²) in [5.41, 5.74) is 6.48. The van der Waals surface area contributed by atoms with Crippen molar-refractivity contribution < 1.29 is 18.0 Å². The highest BCUT2D eigenvalue weighted by Crippen LogP contribution is 2.32. The van der Waals surface area contributed by atoms with E-state index in [1.807, 2.05) is 13.8 Å². The van der Waals surface area contributed by atoms with E-state index in [-0.39, 0.29) is 36.0 Å². The van der Waals surface area contributed by atoms with Gasteiger partial charge in [-0.2, -0.15) is 13.2 Å². The Morgan fingerprint density at radius 1 is 1.15 bits per heavy atom. The average Bonchev–Trinajstić information content (AvgIpc) is 2.51. The molecule has 26 heavy (non-hydrogen) atoms. The molecule has 1 aromatic heterocycles. The number of halogens is 4. The van der Waals surface area contributed by atoms with Crippen molar-refractivity contribution in [1.29, 1.82) is 0 Å². The molecule has 0 saturated carbocycles. The largest absolute Gasteiger partial charge is 0.416 e. The van der Waals surface area contributed by atoms with Gasteiger partial charge in [-0.1, -0.05) is 11.8 Å². The number of rotatable bonds is 5. The van der Waals surface area contributed by atoms with E-state index >= 15 is 0 Å². The van der Waals surface area contributed by atoms with E-state index in [1.165, 1.54) is 6.07 Å². The molecule has 3 N–H and O–H groups in total. The number of hydrogen-bond donors (Lipinski definition) is 2. The smallest absolute Gasteiger partial charge is 0.326 e. The Kier molecular flexibility index (Phi) is 7.86. The number of carbonyl (C=O) groups excluding carboxylic acids is 1. The summed E-state index contributed by atoms with van der Waals surface area (Å²) in [6, 6.07) is 5.08. The maximum Gasteiger partial charge on any atom is 0.416 e. The second-order valence-corrected chi connectivity index (χ2v) is 6.33. The van der Waals surface area contributed by atoms with Crippen molar-refractivity contribution >= 4 is 35.8 Å². The molecule has 0 fully saturated rings. The molecule has 2 aromatic rings. The van der Waals surface area contributed by atoms with Gasteiger partial charge in [-0.25, -0.2) is 9.97 Å². The minimum absolute atomic E-state index is 0. The van der Waals surface area contributed by atoms with Gasteiger partial charge < -0.3 is 11.1 Å². The van der Waals surface area contributed by atoms with Crippen LogP contribution in [0.5, 0.6) is 0 Å². The van der Waals surface area contributed by atoms with Crippen LogP contribution in [0, 0.1) is 13.8 Å². The first-order valence-electron chi connectivity index (χ1n) is 7.33. The van der Waals surface area contributed by atoms with Gasteiger partial charge in [0.25, 0.3) is 0 Å². The molecule has 1 amide bonds. The predicted molar refractivity (Wildman–Crippen MR) is 97.4 cm³/mol. The summed E-state index contributed by atoms with van der Waals surface area (Å²) >= 11 is 1.11. The van der Waals surface area contributed by atoms with Gasteiger partial charge in [0.1, 0.15) is 0 Å². The maximum atomic E-state index is 12.9. The highest BCUT2D eigenvalue weighted by molar-refractivity contribution is 7.99. The Morgan fingerprint density at radius 3 is 2.31 bits per heavy atom. The first-order valence-corrected chi connectivity index (χ1v) is 8.32. The SMILES string of the molecule is Cc1cc(C)nc(SCC(=O)Nc2cc(CN)cc(C(F)(F)F)c2)n1.Cl. The van der Waals surface area contributed by atoms with E-state index in [9.17, 15) is 18.0 Å². The number of nitrogens with zero attached hydrogens (tertiary/aromatic N) is 2. The number of thioether (sulfide) groups is 1. The monoisotopic (exact) mass is 406 g/mol. The minimum atomic E-state index is -4.51. The number of aromatic nitrogens is 2. The number of nitrogens with two attached hydrogens (primary N) is 1. The molecule has 0 radical (unpaired) electrons. The third-order valence-electron chi connectivity index (χ3n) is 3.13. The Morgan fingerprint density at radius 2 is 1.77 bits per heavy atom. The molecular weight excluding hydrogens is 389 g/mol. The molecule has 0 bridgehead atoms. The van der Waals surface area contributed by atoms with Crippen LogP contribution in [0.15, 0.2) is 29.4 Å². The van der Waals surface area contributed by atoms with E-state index in [0.717, 1.165) is 35.3 Å². The van der Waals surface area contributed by atoms with E-state index in [1.54, 1.807) is 6.07 Å². The van der Waals surface area contributed by atoms with Gasteiger partial charge in [-0.15, -0.1) is 12.4 Å². The number of aryl methyl sites for hydroxylation is 2. The molecular formula is C16H18ClF3N4OS. The number of carbonyl (C=O) groups is 1. The molecule has 10 heteroatoms. The lowest BCUT2D eigenvalue weighted by molar-refractivity contribution is -0.137. The fraction of sp³-hybridized carbons (Fsp3) is 0.312. The number of anilines is 1. The number of benzene rings is 1. The van der Waals surface area contributed by atoms with Gasteiger partial charge >= 0.3 is 6.18 Å². The lowest BCUT2D eigenvalue weighted by Crippen LogP contribution is -2.16. The maximum absolute atomic E-state index is 12.9. The molecule has 0 atom stereocenters. The van der Waals surface area contributed by atoms with E-state index in [4.69, 9.17) is 5.73 Å². The lowest BCUT2D eigenvalue weighted by atomic mass is 10.1. The molecule has 0 saturated heterocycles. The molecule has 0 aliphatic rings. The third-order valence-corrected chi connectivity index (χ3v) is 3.98. The van der Waals surface area contributed by atoms with Gasteiger partial charge in [0, 0.05) is 23.6 Å². The van der Waals surface area contributed by atoms with Gasteiger partial charge in [0.2, 0.25) is 5.91 Å². The van der Waals surface area contributed by atoms with Crippen LogP contribution in [0.3, 0.4) is 0 Å². The molecule has 1 aromatic carbocycles. The van der Waals surface area contributed by atoms with Gasteiger partial charge in [0.15, 0.2) is 5.16 Å². The lowest BCUT2D eigenvalue weighted by Gasteiger charge is -2.12. The van der Waals surface area contributed by atoms with Crippen molar-refractivity contribution in [3.05, 3.63) is 46.8 Å². The summed E-state index contributed by atoms with van der Waals surface area (Å²) in [7, 11) is 0. The number of nitrogens with one attached hydrogen (secondary N) is 1. The Hall–Kier alpha value is -1.84. The molecule has 1 heterocycles. The molecule has 0 unspecified atom stereocenters. The van der Waals surface area contributed by atoms with Gasteiger partial charge in [0.05, 0.1) is 11.3 Å². The van der Waals surface area contributed by atoms with Crippen LogP contribution in [0.4, 0.5) is 18.9 Å². The summed E-state index contributed by atoms with van der Waals surface area (Å²) < 4.78 is 38.7. The summed E-state index contributed by atoms with van der Waals surface area (Å²) in [6.07, 6.45) is -4.51. The van der Waals surface area contributed by atoms with Gasteiger partial charge in [-0.05, 0) is 43.7 Å². The molecule has 2 rings (SSSR count). The van der Waals surface area contributed by atoms with Crippen LogP contribution in [0.25, 0.3) is 0 Å². The summed E-state index contributed by atoms with van der Waals surface area (Å²) in [5.74, 6) is -0.466. The first kappa shape index (κ1) is 22.2. The highest BCUT2D eigenvalue weighted by atomic mass is 35.5. The Balaban J connectivity index is 0.00000338. The van der Waals surface area contributed by atoms with Crippen LogP contribution in [0.1, 0.15) is 22.5 Å². The van der Waals surface area contributed by atoms with Crippen LogP contribution < -0.4 is 11.1 Å². The summed E-state index contributed by atoms with van der Waals surface area (Å²) in [5, 5.41) is 2.90. The quantitative estimate of drug-likeness (QED) is 0.584. The van der Waals surface area contributed by atoms with Crippen LogP contribution in [-0.4, -0.2) is 21.6 Å². The zero-order chi connectivity index (χ0) is 18.6. The normalized spacial score (nSPS) is 11.0. The third kappa shape index (κ3) is 6.47. The Bertz CT molecular complexity index is 766. The highest BCUT2D eigenvalue weighted by Gasteiger charge is 2.31. The predicted octanol–water partition coefficient (Wildman–Crippen LogP) is 3.72. The van der Waals surface area contributed by atoms with Gasteiger partial charge in [-0.3, -0.25) is 4.79 Å². The zero-order valence-corrected chi connectivity index (χ0v) is 15.7. The first-order chi connectivity index (χ1) is 11.7. The van der Waals surface area contributed by atoms with E-state index in [2.05, 4.69) is 15.3 Å². The van der Waals surface area contributed by atoms with Crippen molar-refractivity contribution in [3.63, 3.8) is 0 Å². The summed E-state index contributed by atoms with van der Waals surface area (Å²) in [4.78, 5) is 20.4. The molecule has 0 aliphatic heterocycles. The second kappa shape index (κ2) is 9.20. The minimum Gasteiger partial charge on any atom is -0.326 e. The zero-order valence-electron chi connectivity index (χ0n) is 14.1. The summed E-state index contributed by atoms with van der Waals surface area (Å²) in [6.45, 7) is 3.57. The second-order valence-electron chi connectivity index (χ2n) is 5.39. The number of hydrogen-bond acceptors (Lipinski definition) is 5. The van der Waals surface area contributed by atoms with Crippen LogP contribution >= 0.6 is 24.2 Å². The van der Waals surface area contributed by atoms with Crippen LogP contribution in [0.2, 0.25) is 0 Å². The van der Waals surface area contributed by atoms with E-state index < -0.39 is 17.6 Å². The fourth-order valence-electron chi connectivity index (χ4n) is 2.13. The standard InChI is InChI=1S/C16H17F3N4OS.ClH/c1-9-3-10(2)22-15(21-9)25-8-14(24)23-13-5-11(7-20)4-12(6-13)16(17,18)19;/h3-6H,7-8,20H2,1-2H3,(H,23,24);1H. The average molecular weight is 407 g/mol. The van der Waals surface area contributed by atoms with Crippen molar-refractivity contribution in [2.24, 2.45) is 5.73 Å². The van der Waals surface area contributed by atoms with Crippen molar-refractivity contribution in [2.45, 2.75) is 31.7 Å². The molecule has 5 nitrogen and oxygen atoms in total. The number of amides is 1. The Labute approximate surface area is 159 Å².